The van der Waals surface area contributed by atoms with Gasteiger partial charge in [0, 0.05) is 18.5 Å². The van der Waals surface area contributed by atoms with Crippen molar-refractivity contribution in [3.8, 4) is 0 Å². The third kappa shape index (κ3) is 3.99. The minimum Gasteiger partial charge on any atom is -0.393 e. The summed E-state index contributed by atoms with van der Waals surface area (Å²) in [5, 5.41) is 20.8. The summed E-state index contributed by atoms with van der Waals surface area (Å²) in [4.78, 5) is 4.38. The second-order valence-corrected chi connectivity index (χ2v) is 6.88. The molecule has 0 amide bonds. The molecule has 1 aliphatic carbocycles. The van der Waals surface area contributed by atoms with E-state index in [0.29, 0.717) is 12.8 Å². The molecule has 6 heteroatoms. The van der Waals surface area contributed by atoms with Gasteiger partial charge in [-0.05, 0) is 50.7 Å². The lowest BCUT2D eigenvalue weighted by Gasteiger charge is -2.19. The fourth-order valence-electron chi connectivity index (χ4n) is 3.49. The van der Waals surface area contributed by atoms with Gasteiger partial charge in [0.1, 0.15) is 11.6 Å². The molecule has 5 nitrogen and oxygen atoms in total. The molecule has 130 valence electrons. The van der Waals surface area contributed by atoms with Crippen LogP contribution in [0.4, 0.5) is 4.39 Å². The fourth-order valence-corrected chi connectivity index (χ4v) is 3.49. The van der Waals surface area contributed by atoms with E-state index in [2.05, 4.69) is 20.5 Å². The highest BCUT2D eigenvalue weighted by Crippen LogP contribution is 2.36. The van der Waals surface area contributed by atoms with Gasteiger partial charge < -0.3 is 10.4 Å². The molecule has 3 N–H and O–H groups in total. The molecule has 1 aliphatic rings. The summed E-state index contributed by atoms with van der Waals surface area (Å²) in [6.45, 7) is 4.64. The Labute approximate surface area is 141 Å². The summed E-state index contributed by atoms with van der Waals surface area (Å²) in [6.07, 6.45) is 1.87. The van der Waals surface area contributed by atoms with Crippen LogP contribution in [0.25, 0.3) is 0 Å². The highest BCUT2D eigenvalue weighted by atomic mass is 19.1. The zero-order valence-electron chi connectivity index (χ0n) is 14.2. The van der Waals surface area contributed by atoms with Gasteiger partial charge in [-0.25, -0.2) is 9.37 Å². The standard InChI is InChI=1S/C18H25FN4O/c1-11(7-13-5-3-4-6-16(13)19)20-10-15-8-14(9-17(15)24)18-21-12(2)22-23-18/h3-6,11,14-15,17,20,24H,7-10H2,1-2H3,(H,21,22,23)/t11?,14-,15+,17+/m0/s1. The first kappa shape index (κ1) is 17.0. The van der Waals surface area contributed by atoms with Crippen LogP contribution in [0, 0.1) is 18.7 Å². The van der Waals surface area contributed by atoms with E-state index in [1.54, 1.807) is 6.07 Å². The molecule has 0 aliphatic heterocycles. The number of hydrogen-bond donors (Lipinski definition) is 3. The summed E-state index contributed by atoms with van der Waals surface area (Å²) in [5.41, 5.74) is 0.721. The zero-order valence-corrected chi connectivity index (χ0v) is 14.2. The minimum absolute atomic E-state index is 0.152. The second-order valence-electron chi connectivity index (χ2n) is 6.88. The van der Waals surface area contributed by atoms with Crippen LogP contribution >= 0.6 is 0 Å². The van der Waals surface area contributed by atoms with Crippen molar-refractivity contribution in [2.75, 3.05) is 6.54 Å². The van der Waals surface area contributed by atoms with Crippen molar-refractivity contribution in [1.82, 2.24) is 20.5 Å². The number of hydrogen-bond acceptors (Lipinski definition) is 4. The zero-order chi connectivity index (χ0) is 17.1. The van der Waals surface area contributed by atoms with Crippen LogP contribution < -0.4 is 5.32 Å². The number of aryl methyl sites for hydroxylation is 1. The lowest BCUT2D eigenvalue weighted by molar-refractivity contribution is 0.129. The quantitative estimate of drug-likeness (QED) is 0.759. The monoisotopic (exact) mass is 332 g/mol. The van der Waals surface area contributed by atoms with Crippen molar-refractivity contribution in [3.63, 3.8) is 0 Å². The predicted molar refractivity (Wildman–Crippen MR) is 90.2 cm³/mol. The first-order valence-corrected chi connectivity index (χ1v) is 8.56. The molecule has 3 rings (SSSR count). The van der Waals surface area contributed by atoms with Crippen molar-refractivity contribution in [1.29, 1.82) is 0 Å². The molecule has 1 saturated carbocycles. The molecule has 1 aromatic heterocycles. The Morgan fingerprint density at radius 1 is 1.38 bits per heavy atom. The summed E-state index contributed by atoms with van der Waals surface area (Å²) >= 11 is 0. The Morgan fingerprint density at radius 3 is 2.88 bits per heavy atom. The summed E-state index contributed by atoms with van der Waals surface area (Å²) in [5.74, 6) is 1.83. The van der Waals surface area contributed by atoms with Crippen LogP contribution in [0.3, 0.4) is 0 Å². The molecule has 0 saturated heterocycles. The lowest BCUT2D eigenvalue weighted by Crippen LogP contribution is -2.35. The highest BCUT2D eigenvalue weighted by molar-refractivity contribution is 5.18. The predicted octanol–water partition coefficient (Wildman–Crippen LogP) is 2.33. The van der Waals surface area contributed by atoms with E-state index in [0.717, 1.165) is 30.2 Å². The number of H-pyrrole nitrogens is 1. The van der Waals surface area contributed by atoms with Crippen molar-refractivity contribution in [2.24, 2.45) is 5.92 Å². The first-order chi connectivity index (χ1) is 11.5. The van der Waals surface area contributed by atoms with E-state index in [1.807, 2.05) is 26.0 Å². The van der Waals surface area contributed by atoms with Gasteiger partial charge in [0.2, 0.25) is 0 Å². The molecule has 0 radical (unpaired) electrons. The summed E-state index contributed by atoms with van der Waals surface area (Å²) in [7, 11) is 0. The van der Waals surface area contributed by atoms with Gasteiger partial charge in [0.25, 0.3) is 0 Å². The van der Waals surface area contributed by atoms with Crippen LogP contribution in [0.5, 0.6) is 0 Å². The molecule has 2 aromatic rings. The van der Waals surface area contributed by atoms with Crippen LogP contribution in [-0.2, 0) is 6.42 Å². The second kappa shape index (κ2) is 7.40. The largest absolute Gasteiger partial charge is 0.393 e. The van der Waals surface area contributed by atoms with Crippen molar-refractivity contribution in [3.05, 3.63) is 47.3 Å². The van der Waals surface area contributed by atoms with Gasteiger partial charge in [0.05, 0.1) is 6.10 Å². The topological polar surface area (TPSA) is 73.8 Å². The van der Waals surface area contributed by atoms with Crippen LogP contribution in [-0.4, -0.2) is 39.0 Å². The van der Waals surface area contributed by atoms with E-state index in [-0.39, 0.29) is 29.8 Å². The number of rotatable bonds is 6. The Bertz CT molecular complexity index is 675. The summed E-state index contributed by atoms with van der Waals surface area (Å²) < 4.78 is 13.7. The Balaban J connectivity index is 1.50. The third-order valence-corrected chi connectivity index (χ3v) is 4.85. The molecule has 4 atom stereocenters. The van der Waals surface area contributed by atoms with E-state index in [1.165, 1.54) is 6.07 Å². The van der Waals surface area contributed by atoms with Gasteiger partial charge in [-0.2, -0.15) is 5.10 Å². The molecule has 0 spiro atoms. The molecule has 0 bridgehead atoms. The number of nitrogens with one attached hydrogen (secondary N) is 2. The van der Waals surface area contributed by atoms with Crippen LogP contribution in [0.2, 0.25) is 0 Å². The fraction of sp³-hybridized carbons (Fsp3) is 0.556. The van der Waals surface area contributed by atoms with Gasteiger partial charge in [-0.15, -0.1) is 0 Å². The molecule has 1 aromatic carbocycles. The van der Waals surface area contributed by atoms with Gasteiger partial charge in [0.15, 0.2) is 5.82 Å². The molecular formula is C18H25FN4O. The number of aliphatic hydroxyl groups is 1. The Kier molecular flexibility index (Phi) is 5.26. The first-order valence-electron chi connectivity index (χ1n) is 8.56. The van der Waals surface area contributed by atoms with Crippen LogP contribution in [0.1, 0.15) is 42.9 Å². The number of aliphatic hydroxyl groups excluding tert-OH is 1. The maximum absolute atomic E-state index is 13.7. The maximum Gasteiger partial charge on any atom is 0.153 e. The van der Waals surface area contributed by atoms with Crippen molar-refractivity contribution in [2.45, 2.75) is 51.2 Å². The van der Waals surface area contributed by atoms with E-state index in [9.17, 15) is 9.50 Å². The normalized spacial score (nSPS) is 25.1. The van der Waals surface area contributed by atoms with Crippen molar-refractivity contribution < 1.29 is 9.50 Å². The molecule has 1 heterocycles. The average molecular weight is 332 g/mol. The number of halogens is 1. The Hall–Kier alpha value is -1.79. The van der Waals surface area contributed by atoms with Gasteiger partial charge >= 0.3 is 0 Å². The highest BCUT2D eigenvalue weighted by Gasteiger charge is 2.35. The number of aromatic nitrogens is 3. The van der Waals surface area contributed by atoms with E-state index < -0.39 is 0 Å². The number of aromatic amines is 1. The van der Waals surface area contributed by atoms with Gasteiger partial charge in [-0.3, -0.25) is 5.10 Å². The number of nitrogens with zero attached hydrogens (tertiary/aromatic N) is 2. The minimum atomic E-state index is -0.345. The van der Waals surface area contributed by atoms with Crippen LogP contribution in [0.15, 0.2) is 24.3 Å². The average Bonchev–Trinajstić information content (AvgIpc) is 3.13. The molecule has 24 heavy (non-hydrogen) atoms. The third-order valence-electron chi connectivity index (χ3n) is 4.85. The Morgan fingerprint density at radius 2 is 2.17 bits per heavy atom. The molecule has 1 unspecified atom stereocenters. The van der Waals surface area contributed by atoms with Gasteiger partial charge in [-0.1, -0.05) is 18.2 Å². The SMILES string of the molecule is Cc1nc([C@H]2C[C@H](CNC(C)Cc3ccccc3F)[C@H](O)C2)n[nH]1. The van der Waals surface area contributed by atoms with E-state index in [4.69, 9.17) is 0 Å². The summed E-state index contributed by atoms with van der Waals surface area (Å²) in [6, 6.07) is 7.02. The van der Waals surface area contributed by atoms with Crippen molar-refractivity contribution >= 4 is 0 Å². The smallest absolute Gasteiger partial charge is 0.153 e. The maximum atomic E-state index is 13.7. The molecule has 1 fully saturated rings. The van der Waals surface area contributed by atoms with E-state index >= 15 is 0 Å². The molecular weight excluding hydrogens is 307 g/mol. The number of benzene rings is 1. The lowest BCUT2D eigenvalue weighted by atomic mass is 10.0.